The molecule has 0 saturated carbocycles. The van der Waals surface area contributed by atoms with Crippen molar-refractivity contribution in [3.8, 4) is 73.2 Å². The van der Waals surface area contributed by atoms with Crippen LogP contribution in [0.3, 0.4) is 0 Å². The first-order valence-electron chi connectivity index (χ1n) is 43.5. The monoisotopic (exact) mass is 1230 g/mol. The zero-order valence-electron chi connectivity index (χ0n) is 78.6. The highest BCUT2D eigenvalue weighted by Crippen LogP contribution is 2.41. The van der Waals surface area contributed by atoms with Gasteiger partial charge in [0.15, 0.2) is 8.07 Å². The lowest BCUT2D eigenvalue weighted by Crippen LogP contribution is -2.74. The zero-order valence-corrected chi connectivity index (χ0v) is 51.6. The summed E-state index contributed by atoms with van der Waals surface area (Å²) in [7, 11) is -5.93. The summed E-state index contributed by atoms with van der Waals surface area (Å²) in [5.74, 6) is 1.14. The number of imidazole rings is 1. The number of fused-ring (bicyclic) bond motifs is 4. The molecule has 0 radical (unpaired) electrons. The molecular weight excluding hydrogens is 1130 g/mol. The molecule has 0 bridgehead atoms. The fourth-order valence-electron chi connectivity index (χ4n) is 11.9. The van der Waals surface area contributed by atoms with Crippen molar-refractivity contribution < 1.29 is 47.7 Å². The molecule has 15 rings (SSSR count). The average molecular weight is 1230 g/mol. The Bertz CT molecular complexity index is 6580. The van der Waals surface area contributed by atoms with Gasteiger partial charge in [0.2, 0.25) is 0 Å². The molecule has 3 heterocycles. The van der Waals surface area contributed by atoms with Crippen LogP contribution in [0, 0.1) is 6.33 Å². The Labute approximate surface area is 579 Å². The predicted molar refractivity (Wildman–Crippen MR) is 385 cm³/mol. The number of para-hydroxylation sites is 2. The van der Waals surface area contributed by atoms with Crippen molar-refractivity contribution in [3.63, 3.8) is 0 Å². The highest BCUT2D eigenvalue weighted by atomic mass is 28.3. The van der Waals surface area contributed by atoms with Crippen LogP contribution in [0.1, 0.15) is 91.1 Å². The normalized spacial score (nSPS) is 16.3. The van der Waals surface area contributed by atoms with Crippen LogP contribution in [0.15, 0.2) is 315 Å². The van der Waals surface area contributed by atoms with Crippen LogP contribution in [-0.2, 0) is 10.8 Å². The molecule has 3 aromatic heterocycles. The number of hydrogen-bond donors (Lipinski definition) is 0. The molecule has 0 aliphatic heterocycles. The first kappa shape index (κ1) is 34.3. The third-order valence-electron chi connectivity index (χ3n) is 16.3. The van der Waals surface area contributed by atoms with Crippen LogP contribution in [0.5, 0.6) is 11.5 Å². The molecule has 0 unspecified atom stereocenters. The maximum atomic E-state index is 10.6. The molecule has 0 N–H and O–H groups in total. The van der Waals surface area contributed by atoms with Gasteiger partial charge in [0.05, 0.1) is 71.8 Å². The van der Waals surface area contributed by atoms with Crippen molar-refractivity contribution in [2.45, 2.75) is 52.4 Å². The molecule has 0 spiro atoms. The van der Waals surface area contributed by atoms with Gasteiger partial charge < -0.3 is 4.74 Å². The van der Waals surface area contributed by atoms with Gasteiger partial charge in [0.1, 0.15) is 17.3 Å². The Morgan fingerprint density at radius 3 is 1.60 bits per heavy atom. The van der Waals surface area contributed by atoms with Crippen LogP contribution < -0.4 is 30.1 Å². The van der Waals surface area contributed by atoms with Gasteiger partial charge in [-0.1, -0.05) is 278 Å². The van der Waals surface area contributed by atoms with Crippen LogP contribution in [-0.4, -0.2) is 22.2 Å². The Morgan fingerprint density at radius 1 is 0.424 bits per heavy atom. The second-order valence-electron chi connectivity index (χ2n) is 24.0. The van der Waals surface area contributed by atoms with Gasteiger partial charge in [-0.3, -0.25) is 13.7 Å². The second-order valence-corrected chi connectivity index (χ2v) is 27.6. The summed E-state index contributed by atoms with van der Waals surface area (Å²) in [4.78, 5) is 4.87. The number of hydrogen-bond acceptors (Lipinski definition) is 2. The highest BCUT2D eigenvalue weighted by Gasteiger charge is 2.42. The predicted octanol–water partition coefficient (Wildman–Crippen LogP) is 18.6. The van der Waals surface area contributed by atoms with E-state index in [4.69, 9.17) is 22.1 Å². The number of ether oxygens (including phenoxy) is 1. The van der Waals surface area contributed by atoms with Gasteiger partial charge in [0.25, 0.3) is 6.33 Å². The van der Waals surface area contributed by atoms with Crippen LogP contribution >= 0.6 is 0 Å². The minimum absolute atomic E-state index is 0.0195. The van der Waals surface area contributed by atoms with Crippen molar-refractivity contribution in [1.82, 2.24) is 14.1 Å². The zero-order chi connectivity index (χ0) is 86.9. The smallest absolute Gasteiger partial charge is 0.269 e. The molecule has 6 heteroatoms. The standard InChI is InChI=1S/C86H70N4OSi/c1-85(2,3)66-32-24-31-62(54-66)75-42-26-43-76(65-52-63(60-27-12-7-13-28-60)51-64(53-65)61-29-14-8-15-30-61)84(75)89-59-88(82-58-74(46-48-80(82)89)92(71-35-16-9-17-36-71,72-37-18-10-19-38-72)73-39-20-11-21-40-73)68-33-25-34-69(56-68)91-70-45-47-78-77-41-22-23-44-79(77)90(81(78)57-70)83-55-67(49-50-87-83)86(4,5)6/h7-58H,1-6H3/i7D,8D,9D,10D,11D,12D,13D,14D,15D,16D,17D,18D,19D,20D,21D,27D,28D,29D,30D,35D,36D,37D,38D,39D,40D,51D,52D,53D. The third kappa shape index (κ3) is 10.5. The van der Waals surface area contributed by atoms with E-state index in [2.05, 4.69) is 27.1 Å². The minimum atomic E-state index is -5.93. The van der Waals surface area contributed by atoms with Gasteiger partial charge in [-0.2, -0.15) is 0 Å². The lowest BCUT2D eigenvalue weighted by molar-refractivity contribution is -0.571. The van der Waals surface area contributed by atoms with Crippen molar-refractivity contribution >= 4 is 61.7 Å². The van der Waals surface area contributed by atoms with Crippen molar-refractivity contribution in [2.75, 3.05) is 0 Å². The average Bonchev–Trinajstić information content (AvgIpc) is 0.965. The first-order valence-corrected chi connectivity index (χ1v) is 31.5. The third-order valence-corrected chi connectivity index (χ3v) is 20.5. The number of nitrogens with zero attached hydrogens (tertiary/aromatic N) is 4. The summed E-state index contributed by atoms with van der Waals surface area (Å²) in [6.45, 7) is 12.2. The van der Waals surface area contributed by atoms with E-state index in [9.17, 15) is 26.0 Å². The van der Waals surface area contributed by atoms with Gasteiger partial charge >= 0.3 is 0 Å². The van der Waals surface area contributed by atoms with E-state index >= 15 is 0 Å². The molecule has 0 fully saturated rings. The largest absolute Gasteiger partial charge is 0.458 e. The molecule has 0 amide bonds. The van der Waals surface area contributed by atoms with E-state index in [1.165, 1.54) is 33.4 Å². The van der Waals surface area contributed by atoms with E-state index in [0.29, 0.717) is 17.1 Å². The first-order chi connectivity index (χ1) is 56.5. The molecule has 0 aliphatic carbocycles. The van der Waals surface area contributed by atoms with E-state index in [1.807, 2.05) is 86.0 Å². The Hall–Kier alpha value is -10.9. The number of rotatable bonds is 13. The highest BCUT2D eigenvalue weighted by molar-refractivity contribution is 7.20. The van der Waals surface area contributed by atoms with E-state index in [1.54, 1.807) is 60.8 Å². The van der Waals surface area contributed by atoms with Gasteiger partial charge in [-0.15, -0.1) is 0 Å². The fraction of sp³-hybridized carbons (Fsp3) is 0.0930. The Balaban J connectivity index is 1.13. The topological polar surface area (TPSA) is 35.9 Å². The SMILES string of the molecule is [2H]c1c([2H])c([2H])c(-c2c([2H])c(-c3cccc(-c4cccc(C(C)(C)C)c4)c3-[n+]3[c-]n(-c4cccc(Oc5ccc6c7ccccc7n(-c7cc(C(C)(C)C)ccn7)c6c5)c4)c4cc([Si](c5c([2H])c([2H])c([2H])c([2H])c5[2H])(c5c([2H])c([2H])c([2H])c([2H])c5[2H])c5c([2H])c([2H])c([2H])c([2H])c5[2H])ccc43)c([2H])c(-c3c([2H])c([2H])c([2H])c([2H])c3[2H])c2[2H])c([2H])c1[2H]. The molecule has 444 valence electrons. The fourth-order valence-corrected chi connectivity index (χ4v) is 15.7. The molecule has 0 saturated heterocycles. The van der Waals surface area contributed by atoms with E-state index in [0.717, 1.165) is 32.9 Å². The number of pyridine rings is 1. The maximum Gasteiger partial charge on any atom is 0.269 e. The number of benzene rings is 12. The lowest BCUT2D eigenvalue weighted by atomic mass is 9.84. The molecule has 5 nitrogen and oxygen atoms in total. The summed E-state index contributed by atoms with van der Waals surface area (Å²) in [5.41, 5.74) is -0.167. The van der Waals surface area contributed by atoms with Crippen molar-refractivity contribution in [1.29, 1.82) is 0 Å². The minimum Gasteiger partial charge on any atom is -0.458 e. The molecule has 92 heavy (non-hydrogen) atoms. The summed E-state index contributed by atoms with van der Waals surface area (Å²) < 4.78 is 276. The lowest BCUT2D eigenvalue weighted by Gasteiger charge is -2.34. The van der Waals surface area contributed by atoms with Crippen molar-refractivity contribution in [3.05, 3.63) is 332 Å². The molecule has 0 aliphatic rings. The summed E-state index contributed by atoms with van der Waals surface area (Å²) in [6.07, 6.45) is 5.27. The Kier molecular flexibility index (Phi) is 8.75. The van der Waals surface area contributed by atoms with E-state index < -0.39 is 226 Å². The number of aromatic nitrogens is 4. The molecule has 12 aromatic carbocycles. The van der Waals surface area contributed by atoms with Gasteiger partial charge in [-0.25, -0.2) is 4.98 Å². The summed E-state index contributed by atoms with van der Waals surface area (Å²) in [6, 6.07) is 13.6. The molecule has 15 aromatic rings. The van der Waals surface area contributed by atoms with Gasteiger partial charge in [-0.05, 0) is 154 Å². The van der Waals surface area contributed by atoms with Crippen LogP contribution in [0.4, 0.5) is 0 Å². The van der Waals surface area contributed by atoms with E-state index in [-0.39, 0.29) is 49.9 Å². The maximum absolute atomic E-state index is 10.6. The molecule has 0 atom stereocenters. The van der Waals surface area contributed by atoms with Crippen LogP contribution in [0.2, 0.25) is 0 Å². The van der Waals surface area contributed by atoms with Gasteiger partial charge in [0, 0.05) is 23.0 Å². The summed E-state index contributed by atoms with van der Waals surface area (Å²) in [5, 5.41) is -0.887. The quantitative estimate of drug-likeness (QED) is 0.0499. The van der Waals surface area contributed by atoms with Crippen LogP contribution in [0.25, 0.3) is 94.5 Å². The molecular formula is C86H70N4OSi. The second kappa shape index (κ2) is 23.5. The van der Waals surface area contributed by atoms with Crippen molar-refractivity contribution in [2.24, 2.45) is 0 Å². The Morgan fingerprint density at radius 2 is 0.967 bits per heavy atom. The summed E-state index contributed by atoms with van der Waals surface area (Å²) >= 11 is 0.